The van der Waals surface area contributed by atoms with Gasteiger partial charge in [-0.15, -0.1) is 0 Å². The predicted octanol–water partition coefficient (Wildman–Crippen LogP) is 3.64. The van der Waals surface area contributed by atoms with Gasteiger partial charge in [0, 0.05) is 17.8 Å². The van der Waals surface area contributed by atoms with Crippen LogP contribution in [0.15, 0.2) is 18.2 Å². The van der Waals surface area contributed by atoms with Crippen molar-refractivity contribution < 1.29 is 0 Å². The molecule has 0 saturated carbocycles. The first-order valence-electron chi connectivity index (χ1n) is 6.67. The van der Waals surface area contributed by atoms with Crippen molar-refractivity contribution in [1.82, 2.24) is 5.32 Å². The Kier molecular flexibility index (Phi) is 5.01. The number of nitrogens with two attached hydrogens (primary N) is 1. The highest BCUT2D eigenvalue weighted by Crippen LogP contribution is 2.21. The van der Waals surface area contributed by atoms with Crippen LogP contribution in [0.2, 0.25) is 0 Å². The van der Waals surface area contributed by atoms with Gasteiger partial charge in [0.2, 0.25) is 0 Å². The molecule has 1 rings (SSSR count). The second-order valence-corrected chi connectivity index (χ2v) is 4.90. The van der Waals surface area contributed by atoms with Gasteiger partial charge in [0.05, 0.1) is 0 Å². The van der Waals surface area contributed by atoms with Crippen LogP contribution in [0.3, 0.4) is 0 Å². The summed E-state index contributed by atoms with van der Waals surface area (Å²) >= 11 is 0. The zero-order chi connectivity index (χ0) is 12.9. The Morgan fingerprint density at radius 3 is 2.24 bits per heavy atom. The summed E-state index contributed by atoms with van der Waals surface area (Å²) in [5.74, 6) is 0. The molecule has 0 atom stereocenters. The molecule has 1 aromatic rings. The summed E-state index contributed by atoms with van der Waals surface area (Å²) in [6.07, 6.45) is 3.48. The molecule has 0 radical (unpaired) electrons. The molecule has 96 valence electrons. The van der Waals surface area contributed by atoms with Gasteiger partial charge in [0.25, 0.3) is 0 Å². The first-order chi connectivity index (χ1) is 8.06. The smallest absolute Gasteiger partial charge is 0.0359 e. The quantitative estimate of drug-likeness (QED) is 0.738. The van der Waals surface area contributed by atoms with Crippen molar-refractivity contribution in [2.24, 2.45) is 0 Å². The summed E-state index contributed by atoms with van der Waals surface area (Å²) in [5.41, 5.74) is 9.63. The molecule has 0 heterocycles. The highest BCUT2D eigenvalue weighted by molar-refractivity contribution is 5.48. The number of rotatable bonds is 6. The molecule has 0 bridgehead atoms. The van der Waals surface area contributed by atoms with E-state index in [1.165, 1.54) is 11.1 Å². The third-order valence-corrected chi connectivity index (χ3v) is 3.98. The molecule has 0 aliphatic carbocycles. The van der Waals surface area contributed by atoms with E-state index in [0.29, 0.717) is 0 Å². The molecule has 3 N–H and O–H groups in total. The SMILES string of the molecule is CCC(CC)(CC)NCc1cc(C)ccc1N. The van der Waals surface area contributed by atoms with Crippen LogP contribution in [0.1, 0.15) is 51.2 Å². The molecule has 17 heavy (non-hydrogen) atoms. The van der Waals surface area contributed by atoms with E-state index in [0.717, 1.165) is 31.5 Å². The molecule has 0 amide bonds. The standard InChI is InChI=1S/C15H26N2/c1-5-15(6-2,7-3)17-11-13-10-12(4)8-9-14(13)16/h8-10,17H,5-7,11,16H2,1-4H3. The van der Waals surface area contributed by atoms with Gasteiger partial charge in [0.1, 0.15) is 0 Å². The van der Waals surface area contributed by atoms with Crippen LogP contribution in [0.25, 0.3) is 0 Å². The van der Waals surface area contributed by atoms with Crippen molar-refractivity contribution in [3.8, 4) is 0 Å². The Morgan fingerprint density at radius 2 is 1.71 bits per heavy atom. The van der Waals surface area contributed by atoms with Gasteiger partial charge in [-0.1, -0.05) is 38.5 Å². The molecule has 0 aliphatic rings. The van der Waals surface area contributed by atoms with Crippen molar-refractivity contribution in [3.05, 3.63) is 29.3 Å². The average molecular weight is 234 g/mol. The number of nitrogens with one attached hydrogen (secondary N) is 1. The summed E-state index contributed by atoms with van der Waals surface area (Å²) in [6, 6.07) is 6.23. The molecule has 0 aromatic heterocycles. The van der Waals surface area contributed by atoms with Gasteiger partial charge in [0.15, 0.2) is 0 Å². The second-order valence-electron chi connectivity index (χ2n) is 4.90. The molecule has 0 unspecified atom stereocenters. The van der Waals surface area contributed by atoms with Crippen LogP contribution >= 0.6 is 0 Å². The molecule has 0 saturated heterocycles. The minimum Gasteiger partial charge on any atom is -0.398 e. The van der Waals surface area contributed by atoms with E-state index in [4.69, 9.17) is 5.73 Å². The second kappa shape index (κ2) is 6.06. The first kappa shape index (κ1) is 14.0. The van der Waals surface area contributed by atoms with Crippen molar-refractivity contribution in [3.63, 3.8) is 0 Å². The Morgan fingerprint density at radius 1 is 1.12 bits per heavy atom. The summed E-state index contributed by atoms with van der Waals surface area (Å²) in [4.78, 5) is 0. The lowest BCUT2D eigenvalue weighted by Gasteiger charge is -2.32. The largest absolute Gasteiger partial charge is 0.398 e. The van der Waals surface area contributed by atoms with Crippen molar-refractivity contribution in [2.75, 3.05) is 5.73 Å². The summed E-state index contributed by atoms with van der Waals surface area (Å²) < 4.78 is 0. The van der Waals surface area contributed by atoms with E-state index in [-0.39, 0.29) is 5.54 Å². The Labute approximate surface area is 106 Å². The minimum atomic E-state index is 0.260. The lowest BCUT2D eigenvalue weighted by molar-refractivity contribution is 0.288. The van der Waals surface area contributed by atoms with Gasteiger partial charge < -0.3 is 11.1 Å². The third kappa shape index (κ3) is 3.47. The maximum absolute atomic E-state index is 6.00. The van der Waals surface area contributed by atoms with Gasteiger partial charge in [-0.3, -0.25) is 0 Å². The van der Waals surface area contributed by atoms with E-state index < -0.39 is 0 Å². The highest BCUT2D eigenvalue weighted by Gasteiger charge is 2.22. The summed E-state index contributed by atoms with van der Waals surface area (Å²) in [5, 5.41) is 3.69. The van der Waals surface area contributed by atoms with E-state index in [2.05, 4.69) is 45.1 Å². The molecule has 0 fully saturated rings. The van der Waals surface area contributed by atoms with Crippen LogP contribution in [0, 0.1) is 6.92 Å². The topological polar surface area (TPSA) is 38.0 Å². The van der Waals surface area contributed by atoms with Crippen LogP contribution in [0.5, 0.6) is 0 Å². The average Bonchev–Trinajstić information content (AvgIpc) is 2.35. The Balaban J connectivity index is 2.75. The van der Waals surface area contributed by atoms with E-state index in [9.17, 15) is 0 Å². The van der Waals surface area contributed by atoms with E-state index in [1.54, 1.807) is 0 Å². The molecule has 0 spiro atoms. The number of hydrogen-bond acceptors (Lipinski definition) is 2. The lowest BCUT2D eigenvalue weighted by atomic mass is 9.89. The van der Waals surface area contributed by atoms with E-state index in [1.807, 2.05) is 6.07 Å². The lowest BCUT2D eigenvalue weighted by Crippen LogP contribution is -2.43. The highest BCUT2D eigenvalue weighted by atomic mass is 15.0. The monoisotopic (exact) mass is 234 g/mol. The number of nitrogen functional groups attached to an aromatic ring is 1. The first-order valence-corrected chi connectivity index (χ1v) is 6.67. The van der Waals surface area contributed by atoms with Crippen molar-refractivity contribution in [1.29, 1.82) is 0 Å². The minimum absolute atomic E-state index is 0.260. The molecule has 1 aromatic carbocycles. The molecular formula is C15H26N2. The number of anilines is 1. The zero-order valence-corrected chi connectivity index (χ0v) is 11.6. The van der Waals surface area contributed by atoms with Crippen LogP contribution < -0.4 is 11.1 Å². The van der Waals surface area contributed by atoms with Crippen molar-refractivity contribution >= 4 is 5.69 Å². The number of benzene rings is 1. The fourth-order valence-corrected chi connectivity index (χ4v) is 2.30. The maximum Gasteiger partial charge on any atom is 0.0359 e. The van der Waals surface area contributed by atoms with Gasteiger partial charge in [-0.05, 0) is 37.8 Å². The summed E-state index contributed by atoms with van der Waals surface area (Å²) in [7, 11) is 0. The van der Waals surface area contributed by atoms with Gasteiger partial charge >= 0.3 is 0 Å². The fourth-order valence-electron chi connectivity index (χ4n) is 2.30. The molecule has 2 nitrogen and oxygen atoms in total. The van der Waals surface area contributed by atoms with Gasteiger partial charge in [-0.2, -0.15) is 0 Å². The third-order valence-electron chi connectivity index (χ3n) is 3.98. The Bertz CT molecular complexity index is 346. The zero-order valence-electron chi connectivity index (χ0n) is 11.6. The van der Waals surface area contributed by atoms with Crippen LogP contribution in [0.4, 0.5) is 5.69 Å². The maximum atomic E-state index is 6.00. The molecular weight excluding hydrogens is 208 g/mol. The molecule has 2 heteroatoms. The predicted molar refractivity (Wildman–Crippen MR) is 76.0 cm³/mol. The van der Waals surface area contributed by atoms with E-state index >= 15 is 0 Å². The number of hydrogen-bond donors (Lipinski definition) is 2. The van der Waals surface area contributed by atoms with Crippen LogP contribution in [-0.4, -0.2) is 5.54 Å². The Hall–Kier alpha value is -1.02. The fraction of sp³-hybridized carbons (Fsp3) is 0.600. The molecule has 0 aliphatic heterocycles. The van der Waals surface area contributed by atoms with Crippen LogP contribution in [-0.2, 0) is 6.54 Å². The van der Waals surface area contributed by atoms with Gasteiger partial charge in [-0.25, -0.2) is 0 Å². The number of aryl methyl sites for hydroxylation is 1. The van der Waals surface area contributed by atoms with Crippen molar-refractivity contribution in [2.45, 2.75) is 59.0 Å². The normalized spacial score (nSPS) is 11.8. The summed E-state index contributed by atoms with van der Waals surface area (Å²) in [6.45, 7) is 9.72.